The van der Waals surface area contributed by atoms with Crippen molar-refractivity contribution in [1.82, 2.24) is 9.97 Å². The van der Waals surface area contributed by atoms with Crippen LogP contribution >= 0.6 is 0 Å². The van der Waals surface area contributed by atoms with Crippen LogP contribution < -0.4 is 5.32 Å². The topological polar surface area (TPSA) is 37.8 Å². The van der Waals surface area contributed by atoms with Gasteiger partial charge in [0.15, 0.2) is 0 Å². The molecule has 0 bridgehead atoms. The van der Waals surface area contributed by atoms with E-state index in [0.29, 0.717) is 0 Å². The molecule has 3 nitrogen and oxygen atoms in total. The monoisotopic (exact) mass is 177 g/mol. The van der Waals surface area contributed by atoms with Gasteiger partial charge >= 0.3 is 0 Å². The fraction of sp³-hybridized carbons (Fsp3) is 0.600. The molecule has 70 valence electrons. The van der Waals surface area contributed by atoms with E-state index in [0.717, 1.165) is 24.0 Å². The number of anilines is 1. The van der Waals surface area contributed by atoms with E-state index in [4.69, 9.17) is 0 Å². The summed E-state index contributed by atoms with van der Waals surface area (Å²) in [6.07, 6.45) is 4.36. The Morgan fingerprint density at radius 1 is 1.38 bits per heavy atom. The lowest BCUT2D eigenvalue weighted by atomic mass is 10.2. The molecule has 0 spiro atoms. The molecule has 1 heterocycles. The van der Waals surface area contributed by atoms with Crippen molar-refractivity contribution in [1.29, 1.82) is 0 Å². The fourth-order valence-corrected chi connectivity index (χ4v) is 1.28. The van der Waals surface area contributed by atoms with Gasteiger partial charge in [-0.05, 0) is 32.6 Å². The Morgan fingerprint density at radius 2 is 2.15 bits per heavy atom. The van der Waals surface area contributed by atoms with Crippen molar-refractivity contribution in [2.24, 2.45) is 5.92 Å². The summed E-state index contributed by atoms with van der Waals surface area (Å²) in [5.74, 6) is 1.88. The van der Waals surface area contributed by atoms with Gasteiger partial charge in [0.2, 0.25) is 0 Å². The third-order valence-electron chi connectivity index (χ3n) is 2.59. The van der Waals surface area contributed by atoms with Crippen LogP contribution in [0.4, 0.5) is 5.82 Å². The summed E-state index contributed by atoms with van der Waals surface area (Å²) < 4.78 is 0. The van der Waals surface area contributed by atoms with E-state index < -0.39 is 0 Å². The second-order valence-electron chi connectivity index (χ2n) is 3.76. The first-order valence-corrected chi connectivity index (χ1v) is 4.79. The highest BCUT2D eigenvalue weighted by Gasteiger charge is 2.21. The molecule has 0 amide bonds. The maximum absolute atomic E-state index is 4.22. The van der Waals surface area contributed by atoms with Crippen LogP contribution in [0.15, 0.2) is 6.33 Å². The summed E-state index contributed by atoms with van der Waals surface area (Å²) >= 11 is 0. The molecule has 1 aliphatic rings. The summed E-state index contributed by atoms with van der Waals surface area (Å²) in [6.45, 7) is 5.14. The minimum absolute atomic E-state index is 0.884. The lowest BCUT2D eigenvalue weighted by Gasteiger charge is -2.08. The zero-order chi connectivity index (χ0) is 9.26. The van der Waals surface area contributed by atoms with Gasteiger partial charge in [0.05, 0.1) is 0 Å². The third-order valence-corrected chi connectivity index (χ3v) is 2.59. The van der Waals surface area contributed by atoms with Gasteiger partial charge in [-0.15, -0.1) is 0 Å². The molecule has 3 heteroatoms. The predicted molar refractivity (Wildman–Crippen MR) is 52.7 cm³/mol. The van der Waals surface area contributed by atoms with Crippen LogP contribution in [-0.4, -0.2) is 16.5 Å². The number of hydrogen-bond acceptors (Lipinski definition) is 3. The van der Waals surface area contributed by atoms with Crippen LogP contribution in [0.3, 0.4) is 0 Å². The molecule has 1 aromatic heterocycles. The van der Waals surface area contributed by atoms with Crippen molar-refractivity contribution in [3.63, 3.8) is 0 Å². The standard InChI is InChI=1S/C10H15N3/c1-7-8(2)12-6-13-10(7)11-5-9-3-4-9/h6,9H,3-5H2,1-2H3,(H,11,12,13). The number of aryl methyl sites for hydroxylation is 1. The quantitative estimate of drug-likeness (QED) is 0.766. The van der Waals surface area contributed by atoms with Crippen molar-refractivity contribution in [3.05, 3.63) is 17.6 Å². The van der Waals surface area contributed by atoms with E-state index in [1.54, 1.807) is 6.33 Å². The Morgan fingerprint density at radius 3 is 2.85 bits per heavy atom. The third kappa shape index (κ3) is 1.97. The fourth-order valence-electron chi connectivity index (χ4n) is 1.28. The molecule has 0 radical (unpaired) electrons. The number of nitrogens with one attached hydrogen (secondary N) is 1. The first-order chi connectivity index (χ1) is 6.27. The first kappa shape index (κ1) is 8.48. The molecule has 1 saturated carbocycles. The molecular formula is C10H15N3. The van der Waals surface area contributed by atoms with E-state index in [9.17, 15) is 0 Å². The molecule has 1 fully saturated rings. The minimum Gasteiger partial charge on any atom is -0.369 e. The van der Waals surface area contributed by atoms with Gasteiger partial charge in [0.1, 0.15) is 12.1 Å². The summed E-state index contributed by atoms with van der Waals surface area (Å²) in [5, 5.41) is 3.36. The summed E-state index contributed by atoms with van der Waals surface area (Å²) in [7, 11) is 0. The van der Waals surface area contributed by atoms with E-state index in [2.05, 4.69) is 22.2 Å². The lowest BCUT2D eigenvalue weighted by Crippen LogP contribution is -2.07. The Labute approximate surface area is 78.6 Å². The largest absolute Gasteiger partial charge is 0.369 e. The molecule has 1 aliphatic carbocycles. The average molecular weight is 177 g/mol. The van der Waals surface area contributed by atoms with Crippen molar-refractivity contribution in [3.8, 4) is 0 Å². The smallest absolute Gasteiger partial charge is 0.132 e. The molecule has 1 N–H and O–H groups in total. The second kappa shape index (κ2) is 3.32. The Kier molecular flexibility index (Phi) is 2.17. The molecule has 0 saturated heterocycles. The molecule has 1 aromatic rings. The molecule has 0 unspecified atom stereocenters. The van der Waals surface area contributed by atoms with E-state index in [1.165, 1.54) is 18.4 Å². The number of rotatable bonds is 3. The van der Waals surface area contributed by atoms with Gasteiger partial charge < -0.3 is 5.32 Å². The zero-order valence-electron chi connectivity index (χ0n) is 8.17. The maximum atomic E-state index is 4.22. The molecule has 0 atom stereocenters. The van der Waals surface area contributed by atoms with Gasteiger partial charge in [-0.1, -0.05) is 0 Å². The van der Waals surface area contributed by atoms with Crippen molar-refractivity contribution >= 4 is 5.82 Å². The molecule has 0 aromatic carbocycles. The summed E-state index contributed by atoms with van der Waals surface area (Å²) in [5.41, 5.74) is 2.23. The van der Waals surface area contributed by atoms with Crippen molar-refractivity contribution < 1.29 is 0 Å². The van der Waals surface area contributed by atoms with Gasteiger partial charge in [0, 0.05) is 17.8 Å². The van der Waals surface area contributed by atoms with Gasteiger partial charge in [-0.2, -0.15) is 0 Å². The lowest BCUT2D eigenvalue weighted by molar-refractivity contribution is 0.876. The van der Waals surface area contributed by atoms with Crippen LogP contribution in [0, 0.1) is 19.8 Å². The van der Waals surface area contributed by atoms with Gasteiger partial charge in [0.25, 0.3) is 0 Å². The molecule has 2 rings (SSSR count). The zero-order valence-corrected chi connectivity index (χ0v) is 8.17. The second-order valence-corrected chi connectivity index (χ2v) is 3.76. The highest BCUT2D eigenvalue weighted by molar-refractivity contribution is 5.44. The number of aromatic nitrogens is 2. The molecular weight excluding hydrogens is 162 g/mol. The average Bonchev–Trinajstić information content (AvgIpc) is 2.91. The predicted octanol–water partition coefficient (Wildman–Crippen LogP) is 1.92. The highest BCUT2D eigenvalue weighted by Crippen LogP contribution is 2.29. The summed E-state index contributed by atoms with van der Waals surface area (Å²) in [6, 6.07) is 0. The maximum Gasteiger partial charge on any atom is 0.132 e. The van der Waals surface area contributed by atoms with Crippen LogP contribution in [0.25, 0.3) is 0 Å². The summed E-state index contributed by atoms with van der Waals surface area (Å²) in [4.78, 5) is 8.35. The normalized spacial score (nSPS) is 15.8. The van der Waals surface area contributed by atoms with Crippen LogP contribution in [0.1, 0.15) is 24.1 Å². The highest BCUT2D eigenvalue weighted by atomic mass is 15.0. The Hall–Kier alpha value is -1.12. The number of hydrogen-bond donors (Lipinski definition) is 1. The van der Waals surface area contributed by atoms with E-state index in [-0.39, 0.29) is 0 Å². The van der Waals surface area contributed by atoms with E-state index >= 15 is 0 Å². The van der Waals surface area contributed by atoms with Crippen molar-refractivity contribution in [2.75, 3.05) is 11.9 Å². The first-order valence-electron chi connectivity index (χ1n) is 4.79. The van der Waals surface area contributed by atoms with Gasteiger partial charge in [-0.3, -0.25) is 0 Å². The Balaban J connectivity index is 2.05. The van der Waals surface area contributed by atoms with Crippen molar-refractivity contribution in [2.45, 2.75) is 26.7 Å². The molecule has 0 aliphatic heterocycles. The number of nitrogens with zero attached hydrogens (tertiary/aromatic N) is 2. The van der Waals surface area contributed by atoms with Crippen LogP contribution in [0.5, 0.6) is 0 Å². The Bertz CT molecular complexity index is 305. The minimum atomic E-state index is 0.884. The molecule has 13 heavy (non-hydrogen) atoms. The SMILES string of the molecule is Cc1ncnc(NCC2CC2)c1C. The van der Waals surface area contributed by atoms with Crippen LogP contribution in [-0.2, 0) is 0 Å². The van der Waals surface area contributed by atoms with E-state index in [1.807, 2.05) is 6.92 Å². The van der Waals surface area contributed by atoms with Gasteiger partial charge in [-0.25, -0.2) is 9.97 Å². The van der Waals surface area contributed by atoms with Crippen LogP contribution in [0.2, 0.25) is 0 Å².